The van der Waals surface area contributed by atoms with E-state index in [0.29, 0.717) is 6.42 Å². The van der Waals surface area contributed by atoms with Crippen molar-refractivity contribution in [3.63, 3.8) is 0 Å². The van der Waals surface area contributed by atoms with Gasteiger partial charge < -0.3 is 15.2 Å². The Hall–Kier alpha value is -3.02. The first-order valence-electron chi connectivity index (χ1n) is 10.7. The zero-order chi connectivity index (χ0) is 21.7. The number of carboxylic acids is 1. The van der Waals surface area contributed by atoms with Gasteiger partial charge in [-0.15, -0.1) is 0 Å². The number of hydrogen-bond donors (Lipinski definition) is 3. The molecule has 6 nitrogen and oxygen atoms in total. The quantitative estimate of drug-likeness (QED) is 0.359. The van der Waals surface area contributed by atoms with Gasteiger partial charge in [-0.3, -0.25) is 5.10 Å². The predicted octanol–water partition coefficient (Wildman–Crippen LogP) is 5.98. The van der Waals surface area contributed by atoms with Gasteiger partial charge >= 0.3 is 5.97 Å². The number of anilines is 1. The number of nitrogens with one attached hydrogen (secondary N) is 2. The van der Waals surface area contributed by atoms with Gasteiger partial charge in [0.05, 0.1) is 5.52 Å². The summed E-state index contributed by atoms with van der Waals surface area (Å²) in [6, 6.07) is 9.21. The summed E-state index contributed by atoms with van der Waals surface area (Å²) in [6.07, 6.45) is 5.03. The van der Waals surface area contributed by atoms with Crippen LogP contribution in [0.4, 0.5) is 5.69 Å². The first-order valence-corrected chi connectivity index (χ1v) is 10.7. The minimum absolute atomic E-state index is 0.511. The highest BCUT2D eigenvalue weighted by molar-refractivity contribution is 5.83. The molecule has 160 valence electrons. The molecule has 3 aromatic rings. The van der Waals surface area contributed by atoms with E-state index in [1.54, 1.807) is 0 Å². The second-order valence-corrected chi connectivity index (χ2v) is 7.82. The van der Waals surface area contributed by atoms with Crippen LogP contribution in [0.2, 0.25) is 0 Å². The summed E-state index contributed by atoms with van der Waals surface area (Å²) < 4.78 is 6.25. The largest absolute Gasteiger partial charge is 0.480 e. The Balaban J connectivity index is 1.82. The Morgan fingerprint density at radius 1 is 1.17 bits per heavy atom. The molecule has 1 atom stereocenters. The summed E-state index contributed by atoms with van der Waals surface area (Å²) in [7, 11) is 0. The minimum atomic E-state index is -0.851. The van der Waals surface area contributed by atoms with Crippen molar-refractivity contribution in [2.75, 3.05) is 5.32 Å². The fraction of sp³-hybridized carbons (Fsp3) is 0.417. The third-order valence-electron chi connectivity index (χ3n) is 5.36. The standard InChI is InChI=1S/C24H31N3O3/c1-5-7-8-9-21-19-14-18(10-11-22(19)27-26-21)30-23-15(3)12-17(13-16(23)4)25-20(6-2)24(28)29/h10-14,20,25H,5-9H2,1-4H3,(H,26,27)(H,28,29). The number of unbranched alkanes of at least 4 members (excludes halogenated alkanes) is 2. The van der Waals surface area contributed by atoms with Gasteiger partial charge in [0, 0.05) is 16.8 Å². The van der Waals surface area contributed by atoms with Gasteiger partial charge in [-0.25, -0.2) is 4.79 Å². The maximum atomic E-state index is 11.3. The normalized spacial score (nSPS) is 12.1. The van der Waals surface area contributed by atoms with Crippen LogP contribution in [0.5, 0.6) is 11.5 Å². The molecular formula is C24H31N3O3. The van der Waals surface area contributed by atoms with E-state index in [4.69, 9.17) is 4.74 Å². The Bertz CT molecular complexity index is 1000. The molecule has 1 unspecified atom stereocenters. The van der Waals surface area contributed by atoms with Crippen molar-refractivity contribution in [3.8, 4) is 11.5 Å². The molecule has 0 fully saturated rings. The van der Waals surface area contributed by atoms with Crippen LogP contribution in [-0.4, -0.2) is 27.3 Å². The van der Waals surface area contributed by atoms with Crippen molar-refractivity contribution in [2.24, 2.45) is 0 Å². The molecule has 0 saturated carbocycles. The van der Waals surface area contributed by atoms with Gasteiger partial charge in [0.2, 0.25) is 0 Å². The Morgan fingerprint density at radius 3 is 2.53 bits per heavy atom. The number of aliphatic carboxylic acids is 1. The molecule has 3 rings (SSSR count). The fourth-order valence-corrected chi connectivity index (χ4v) is 3.70. The highest BCUT2D eigenvalue weighted by Gasteiger charge is 2.16. The maximum Gasteiger partial charge on any atom is 0.326 e. The molecule has 0 aliphatic heterocycles. The number of fused-ring (bicyclic) bond motifs is 1. The third-order valence-corrected chi connectivity index (χ3v) is 5.36. The van der Waals surface area contributed by atoms with Crippen LogP contribution in [0, 0.1) is 13.8 Å². The van der Waals surface area contributed by atoms with Crippen LogP contribution < -0.4 is 10.1 Å². The van der Waals surface area contributed by atoms with E-state index in [1.807, 2.05) is 51.1 Å². The van der Waals surface area contributed by atoms with E-state index < -0.39 is 12.0 Å². The van der Waals surface area contributed by atoms with Gasteiger partial charge in [-0.1, -0.05) is 26.7 Å². The molecule has 0 amide bonds. The van der Waals surface area contributed by atoms with E-state index in [2.05, 4.69) is 22.4 Å². The van der Waals surface area contributed by atoms with Crippen molar-refractivity contribution in [1.82, 2.24) is 10.2 Å². The van der Waals surface area contributed by atoms with E-state index in [9.17, 15) is 9.90 Å². The fourth-order valence-electron chi connectivity index (χ4n) is 3.70. The van der Waals surface area contributed by atoms with Gasteiger partial charge in [0.15, 0.2) is 0 Å². The first-order chi connectivity index (χ1) is 14.4. The Kier molecular flexibility index (Phi) is 6.98. The Labute approximate surface area is 177 Å². The molecule has 0 saturated heterocycles. The van der Waals surface area contributed by atoms with Gasteiger partial charge in [-0.2, -0.15) is 5.10 Å². The van der Waals surface area contributed by atoms with Crippen molar-refractivity contribution in [3.05, 3.63) is 47.2 Å². The maximum absolute atomic E-state index is 11.3. The molecular weight excluding hydrogens is 378 g/mol. The SMILES string of the molecule is CCCCCc1[nH]nc2ccc(Oc3c(C)cc(NC(CC)C(=O)O)cc3C)cc12. The molecule has 1 aromatic heterocycles. The summed E-state index contributed by atoms with van der Waals surface area (Å²) in [5.74, 6) is 0.708. The number of ether oxygens (including phenoxy) is 1. The molecule has 6 heteroatoms. The second-order valence-electron chi connectivity index (χ2n) is 7.82. The zero-order valence-corrected chi connectivity index (χ0v) is 18.2. The van der Waals surface area contributed by atoms with Gasteiger partial charge in [0.1, 0.15) is 17.5 Å². The summed E-state index contributed by atoms with van der Waals surface area (Å²) in [6.45, 7) is 8.00. The molecule has 0 aliphatic carbocycles. The molecule has 0 aliphatic rings. The number of rotatable bonds is 10. The lowest BCUT2D eigenvalue weighted by Gasteiger charge is -2.18. The van der Waals surface area contributed by atoms with E-state index in [-0.39, 0.29) is 0 Å². The molecule has 1 heterocycles. The van der Waals surface area contributed by atoms with Crippen LogP contribution in [0.1, 0.15) is 56.4 Å². The van der Waals surface area contributed by atoms with Crippen LogP contribution in [0.15, 0.2) is 30.3 Å². The van der Waals surface area contributed by atoms with Gasteiger partial charge in [-0.05, 0) is 74.6 Å². The number of benzene rings is 2. The molecule has 0 bridgehead atoms. The van der Waals surface area contributed by atoms with Crippen LogP contribution in [-0.2, 0) is 11.2 Å². The number of aryl methyl sites for hydroxylation is 3. The second kappa shape index (κ2) is 9.65. The number of aromatic nitrogens is 2. The van der Waals surface area contributed by atoms with Crippen molar-refractivity contribution in [1.29, 1.82) is 0 Å². The van der Waals surface area contributed by atoms with E-state index >= 15 is 0 Å². The van der Waals surface area contributed by atoms with Crippen molar-refractivity contribution in [2.45, 2.75) is 65.8 Å². The minimum Gasteiger partial charge on any atom is -0.480 e. The highest BCUT2D eigenvalue weighted by atomic mass is 16.5. The molecule has 0 spiro atoms. The number of carboxylic acid groups (broad SMARTS) is 1. The number of aromatic amines is 1. The van der Waals surface area contributed by atoms with Crippen molar-refractivity contribution >= 4 is 22.6 Å². The highest BCUT2D eigenvalue weighted by Crippen LogP contribution is 2.33. The predicted molar refractivity (Wildman–Crippen MR) is 121 cm³/mol. The van der Waals surface area contributed by atoms with Crippen molar-refractivity contribution < 1.29 is 14.6 Å². The zero-order valence-electron chi connectivity index (χ0n) is 18.2. The van der Waals surface area contributed by atoms with Crippen LogP contribution in [0.25, 0.3) is 10.9 Å². The number of H-pyrrole nitrogens is 1. The van der Waals surface area contributed by atoms with E-state index in [1.165, 1.54) is 12.8 Å². The van der Waals surface area contributed by atoms with Crippen LogP contribution >= 0.6 is 0 Å². The lowest BCUT2D eigenvalue weighted by Crippen LogP contribution is -2.28. The summed E-state index contributed by atoms with van der Waals surface area (Å²) in [5.41, 5.74) is 4.79. The average Bonchev–Trinajstić information content (AvgIpc) is 3.11. The lowest BCUT2D eigenvalue weighted by molar-refractivity contribution is -0.137. The molecule has 0 radical (unpaired) electrons. The summed E-state index contributed by atoms with van der Waals surface area (Å²) in [5, 5.41) is 21.0. The summed E-state index contributed by atoms with van der Waals surface area (Å²) in [4.78, 5) is 11.3. The number of nitrogens with zero attached hydrogens (tertiary/aromatic N) is 1. The molecule has 2 aromatic carbocycles. The topological polar surface area (TPSA) is 87.2 Å². The van der Waals surface area contributed by atoms with Crippen LogP contribution in [0.3, 0.4) is 0 Å². The van der Waals surface area contributed by atoms with E-state index in [0.717, 1.165) is 57.8 Å². The number of carbonyl (C=O) groups is 1. The first kappa shape index (κ1) is 21.7. The Morgan fingerprint density at radius 2 is 1.90 bits per heavy atom. The number of hydrogen-bond acceptors (Lipinski definition) is 4. The lowest BCUT2D eigenvalue weighted by atomic mass is 10.1. The third kappa shape index (κ3) is 4.93. The monoisotopic (exact) mass is 409 g/mol. The smallest absolute Gasteiger partial charge is 0.326 e. The molecule has 3 N–H and O–H groups in total. The summed E-state index contributed by atoms with van der Waals surface area (Å²) >= 11 is 0. The molecule has 30 heavy (non-hydrogen) atoms. The average molecular weight is 410 g/mol. The van der Waals surface area contributed by atoms with Gasteiger partial charge in [0.25, 0.3) is 0 Å².